The number of aromatic nitrogens is 2. The maximum atomic E-state index is 9.49. The van der Waals surface area contributed by atoms with Gasteiger partial charge in [0.25, 0.3) is 0 Å². The van der Waals surface area contributed by atoms with Gasteiger partial charge < -0.3 is 9.84 Å². The van der Waals surface area contributed by atoms with Crippen LogP contribution in [0, 0.1) is 6.92 Å². The second-order valence-corrected chi connectivity index (χ2v) is 4.35. The highest BCUT2D eigenvalue weighted by Gasteiger charge is 2.24. The number of hydrogen-bond donors (Lipinski definition) is 1. The Bertz CT molecular complexity index is 362. The van der Waals surface area contributed by atoms with E-state index >= 15 is 0 Å². The largest absolute Gasteiger partial charge is 0.389 e. The maximum Gasteiger partial charge on any atom is 0.159 e. The molecule has 0 aliphatic rings. The lowest BCUT2D eigenvalue weighted by molar-refractivity contribution is -0.0210. The molecule has 0 unspecified atom stereocenters. The standard InChI is InChI=1S/C12H20N2O2/c1-6-16-12(4,5)11-13-7-10(9(3)15)8(2)14-11/h7,9,15H,6H2,1-5H3/t9-/m1/s1. The van der Waals surface area contributed by atoms with Crippen molar-refractivity contribution >= 4 is 0 Å². The summed E-state index contributed by atoms with van der Waals surface area (Å²) >= 11 is 0. The van der Waals surface area contributed by atoms with E-state index in [1.807, 2.05) is 27.7 Å². The Morgan fingerprint density at radius 2 is 2.12 bits per heavy atom. The fourth-order valence-corrected chi connectivity index (χ4v) is 1.60. The quantitative estimate of drug-likeness (QED) is 0.851. The Hall–Kier alpha value is -1.00. The molecule has 0 amide bonds. The molecule has 1 atom stereocenters. The maximum absolute atomic E-state index is 9.49. The average molecular weight is 224 g/mol. The molecule has 4 nitrogen and oxygen atoms in total. The Kier molecular flexibility index (Phi) is 3.99. The minimum Gasteiger partial charge on any atom is -0.389 e. The van der Waals surface area contributed by atoms with Crippen molar-refractivity contribution in [3.8, 4) is 0 Å². The van der Waals surface area contributed by atoms with Crippen LogP contribution in [0.3, 0.4) is 0 Å². The van der Waals surface area contributed by atoms with Crippen molar-refractivity contribution in [3.63, 3.8) is 0 Å². The van der Waals surface area contributed by atoms with Gasteiger partial charge in [-0.2, -0.15) is 0 Å². The highest BCUT2D eigenvalue weighted by molar-refractivity contribution is 5.19. The van der Waals surface area contributed by atoms with Gasteiger partial charge in [-0.1, -0.05) is 0 Å². The first-order chi connectivity index (χ1) is 7.38. The predicted octanol–water partition coefficient (Wildman–Crippen LogP) is 2.11. The van der Waals surface area contributed by atoms with Gasteiger partial charge in [-0.3, -0.25) is 0 Å². The molecule has 0 radical (unpaired) electrons. The van der Waals surface area contributed by atoms with Gasteiger partial charge in [-0.15, -0.1) is 0 Å². The summed E-state index contributed by atoms with van der Waals surface area (Å²) in [5.41, 5.74) is 1.07. The fourth-order valence-electron chi connectivity index (χ4n) is 1.60. The van der Waals surface area contributed by atoms with Crippen LogP contribution in [0.2, 0.25) is 0 Å². The second-order valence-electron chi connectivity index (χ2n) is 4.35. The third-order valence-electron chi connectivity index (χ3n) is 2.51. The first-order valence-electron chi connectivity index (χ1n) is 5.54. The van der Waals surface area contributed by atoms with E-state index in [2.05, 4.69) is 9.97 Å². The Labute approximate surface area is 96.7 Å². The Morgan fingerprint density at radius 3 is 2.56 bits per heavy atom. The van der Waals surface area contributed by atoms with Gasteiger partial charge in [0.05, 0.1) is 6.10 Å². The van der Waals surface area contributed by atoms with Crippen molar-refractivity contribution in [2.24, 2.45) is 0 Å². The number of ether oxygens (including phenoxy) is 1. The van der Waals surface area contributed by atoms with E-state index in [9.17, 15) is 5.11 Å². The van der Waals surface area contributed by atoms with Gasteiger partial charge in [-0.05, 0) is 34.6 Å². The van der Waals surface area contributed by atoms with Crippen molar-refractivity contribution < 1.29 is 9.84 Å². The number of aryl methyl sites for hydroxylation is 1. The van der Waals surface area contributed by atoms with E-state index in [0.717, 1.165) is 11.3 Å². The van der Waals surface area contributed by atoms with Crippen LogP contribution >= 0.6 is 0 Å². The van der Waals surface area contributed by atoms with E-state index in [-0.39, 0.29) is 0 Å². The van der Waals surface area contributed by atoms with Crippen LogP contribution in [-0.4, -0.2) is 21.7 Å². The van der Waals surface area contributed by atoms with Crippen LogP contribution in [0.25, 0.3) is 0 Å². The van der Waals surface area contributed by atoms with Crippen molar-refractivity contribution in [1.29, 1.82) is 0 Å². The summed E-state index contributed by atoms with van der Waals surface area (Å²) < 4.78 is 5.58. The highest BCUT2D eigenvalue weighted by Crippen LogP contribution is 2.23. The molecular weight excluding hydrogens is 204 g/mol. The molecule has 0 saturated heterocycles. The van der Waals surface area contributed by atoms with Gasteiger partial charge in [0.15, 0.2) is 5.82 Å². The van der Waals surface area contributed by atoms with Gasteiger partial charge >= 0.3 is 0 Å². The molecule has 1 rings (SSSR count). The topological polar surface area (TPSA) is 55.2 Å². The normalized spacial score (nSPS) is 13.9. The van der Waals surface area contributed by atoms with Crippen LogP contribution in [-0.2, 0) is 10.3 Å². The van der Waals surface area contributed by atoms with E-state index < -0.39 is 11.7 Å². The summed E-state index contributed by atoms with van der Waals surface area (Å²) in [5.74, 6) is 0.649. The molecule has 0 saturated carbocycles. The van der Waals surface area contributed by atoms with E-state index in [0.29, 0.717) is 12.4 Å². The summed E-state index contributed by atoms with van der Waals surface area (Å²) in [7, 11) is 0. The number of hydrogen-bond acceptors (Lipinski definition) is 4. The molecule has 16 heavy (non-hydrogen) atoms. The summed E-state index contributed by atoms with van der Waals surface area (Å²) in [6, 6.07) is 0. The van der Waals surface area contributed by atoms with Crippen molar-refractivity contribution in [1.82, 2.24) is 9.97 Å². The SMILES string of the molecule is CCOC(C)(C)c1ncc([C@@H](C)O)c(C)n1. The number of rotatable bonds is 4. The zero-order valence-corrected chi connectivity index (χ0v) is 10.6. The minimum atomic E-state index is -0.538. The Morgan fingerprint density at radius 1 is 1.50 bits per heavy atom. The van der Waals surface area contributed by atoms with E-state index in [4.69, 9.17) is 4.74 Å². The van der Waals surface area contributed by atoms with Gasteiger partial charge in [0.1, 0.15) is 5.60 Å². The minimum absolute atomic E-state index is 0.489. The lowest BCUT2D eigenvalue weighted by Crippen LogP contribution is -2.25. The summed E-state index contributed by atoms with van der Waals surface area (Å²) in [6.45, 7) is 10.0. The molecule has 0 bridgehead atoms. The molecule has 0 aliphatic heterocycles. The summed E-state index contributed by atoms with van der Waals surface area (Å²) in [5, 5.41) is 9.49. The number of aliphatic hydroxyl groups excluding tert-OH is 1. The average Bonchev–Trinajstić information content (AvgIpc) is 2.16. The lowest BCUT2D eigenvalue weighted by Gasteiger charge is -2.23. The molecule has 1 heterocycles. The smallest absolute Gasteiger partial charge is 0.159 e. The summed E-state index contributed by atoms with van der Waals surface area (Å²) in [4.78, 5) is 8.64. The molecule has 1 aromatic heterocycles. The molecule has 1 N–H and O–H groups in total. The molecule has 4 heteroatoms. The van der Waals surface area contributed by atoms with Crippen LogP contribution in [0.5, 0.6) is 0 Å². The van der Waals surface area contributed by atoms with Crippen LogP contribution in [0.4, 0.5) is 0 Å². The predicted molar refractivity (Wildman–Crippen MR) is 62.1 cm³/mol. The zero-order valence-electron chi connectivity index (χ0n) is 10.6. The van der Waals surface area contributed by atoms with Crippen molar-refractivity contribution in [2.75, 3.05) is 6.61 Å². The van der Waals surface area contributed by atoms with Gasteiger partial charge in [-0.25, -0.2) is 9.97 Å². The second kappa shape index (κ2) is 4.89. The van der Waals surface area contributed by atoms with E-state index in [1.165, 1.54) is 0 Å². The van der Waals surface area contributed by atoms with Crippen LogP contribution < -0.4 is 0 Å². The third kappa shape index (κ3) is 2.77. The molecule has 0 aliphatic carbocycles. The molecule has 0 fully saturated rings. The van der Waals surface area contributed by atoms with Crippen LogP contribution in [0.15, 0.2) is 6.20 Å². The number of aliphatic hydroxyl groups is 1. The van der Waals surface area contributed by atoms with Gasteiger partial charge in [0.2, 0.25) is 0 Å². The fraction of sp³-hybridized carbons (Fsp3) is 0.667. The highest BCUT2D eigenvalue weighted by atomic mass is 16.5. The zero-order chi connectivity index (χ0) is 12.3. The Balaban J connectivity index is 3.05. The monoisotopic (exact) mass is 224 g/mol. The van der Waals surface area contributed by atoms with E-state index in [1.54, 1.807) is 13.1 Å². The van der Waals surface area contributed by atoms with Gasteiger partial charge in [0, 0.05) is 24.1 Å². The molecular formula is C12H20N2O2. The molecule has 90 valence electrons. The van der Waals surface area contributed by atoms with Crippen molar-refractivity contribution in [2.45, 2.75) is 46.3 Å². The lowest BCUT2D eigenvalue weighted by atomic mass is 10.1. The first-order valence-corrected chi connectivity index (χ1v) is 5.54. The molecule has 0 spiro atoms. The molecule has 0 aromatic carbocycles. The van der Waals surface area contributed by atoms with Crippen LogP contribution in [0.1, 0.15) is 50.9 Å². The molecule has 1 aromatic rings. The first kappa shape index (κ1) is 13.1. The number of nitrogens with zero attached hydrogens (tertiary/aromatic N) is 2. The third-order valence-corrected chi connectivity index (χ3v) is 2.51. The summed E-state index contributed by atoms with van der Waals surface area (Å²) in [6.07, 6.45) is 1.13. The van der Waals surface area contributed by atoms with Crippen molar-refractivity contribution in [3.05, 3.63) is 23.3 Å².